The van der Waals surface area contributed by atoms with E-state index >= 15 is 0 Å². The molecule has 0 radical (unpaired) electrons. The summed E-state index contributed by atoms with van der Waals surface area (Å²) in [5.74, 6) is -0.956. The first-order valence-electron chi connectivity index (χ1n) is 4.98. The normalized spacial score (nSPS) is 30.1. The minimum atomic E-state index is -0.514. The van der Waals surface area contributed by atoms with Gasteiger partial charge in [0.2, 0.25) is 5.91 Å². The van der Waals surface area contributed by atoms with Gasteiger partial charge in [0.1, 0.15) is 6.10 Å². The molecule has 1 rings (SSSR count). The summed E-state index contributed by atoms with van der Waals surface area (Å²) in [5.41, 5.74) is 16.3. The van der Waals surface area contributed by atoms with Gasteiger partial charge in [-0.25, -0.2) is 0 Å². The van der Waals surface area contributed by atoms with Gasteiger partial charge in [0, 0.05) is 24.9 Å². The molecule has 0 unspecified atom stereocenters. The quantitative estimate of drug-likeness (QED) is 0.498. The van der Waals surface area contributed by atoms with E-state index in [0.717, 1.165) is 0 Å². The van der Waals surface area contributed by atoms with Crippen LogP contribution in [0.5, 0.6) is 0 Å². The van der Waals surface area contributed by atoms with Gasteiger partial charge in [0.25, 0.3) is 0 Å². The van der Waals surface area contributed by atoms with Crippen LogP contribution in [-0.4, -0.2) is 30.1 Å². The van der Waals surface area contributed by atoms with Crippen molar-refractivity contribution in [3.8, 4) is 0 Å². The van der Waals surface area contributed by atoms with Gasteiger partial charge in [-0.05, 0) is 6.42 Å². The highest BCUT2D eigenvalue weighted by Crippen LogP contribution is 2.20. The molecule has 6 nitrogen and oxygen atoms in total. The van der Waals surface area contributed by atoms with Crippen LogP contribution in [0.2, 0.25) is 0 Å². The molecule has 0 aromatic rings. The van der Waals surface area contributed by atoms with E-state index in [1.54, 1.807) is 0 Å². The third-order valence-electron chi connectivity index (χ3n) is 2.45. The van der Waals surface area contributed by atoms with Crippen molar-refractivity contribution in [2.75, 3.05) is 0 Å². The van der Waals surface area contributed by atoms with Crippen molar-refractivity contribution in [3.63, 3.8) is 0 Å². The predicted octanol–water partition coefficient (Wildman–Crippen LogP) is -1.39. The summed E-state index contributed by atoms with van der Waals surface area (Å²) in [7, 11) is 0. The Morgan fingerprint density at radius 3 is 2.33 bits per heavy atom. The van der Waals surface area contributed by atoms with Gasteiger partial charge in [0.05, 0.1) is 6.42 Å². The maximum absolute atomic E-state index is 11.2. The van der Waals surface area contributed by atoms with Crippen LogP contribution >= 0.6 is 0 Å². The van der Waals surface area contributed by atoms with Crippen molar-refractivity contribution in [1.29, 1.82) is 0 Å². The van der Waals surface area contributed by atoms with E-state index in [4.69, 9.17) is 21.9 Å². The fourth-order valence-corrected chi connectivity index (χ4v) is 1.66. The Morgan fingerprint density at radius 1 is 1.20 bits per heavy atom. The number of primary amides is 1. The average molecular weight is 215 g/mol. The Morgan fingerprint density at radius 2 is 1.87 bits per heavy atom. The Hall–Kier alpha value is -1.14. The Kier molecular flexibility index (Phi) is 4.05. The minimum absolute atomic E-state index is 0.00561. The summed E-state index contributed by atoms with van der Waals surface area (Å²) in [6.07, 6.45) is 0.943. The first kappa shape index (κ1) is 11.9. The highest BCUT2D eigenvalue weighted by molar-refractivity contribution is 5.80. The molecule has 0 aliphatic heterocycles. The second-order valence-corrected chi connectivity index (χ2v) is 3.89. The molecule has 0 aromatic heterocycles. The maximum Gasteiger partial charge on any atom is 0.306 e. The maximum atomic E-state index is 11.2. The molecule has 1 aliphatic carbocycles. The van der Waals surface area contributed by atoms with E-state index in [2.05, 4.69) is 0 Å². The average Bonchev–Trinajstić information content (AvgIpc) is 2.42. The van der Waals surface area contributed by atoms with Gasteiger partial charge in [-0.2, -0.15) is 0 Å². The zero-order valence-corrected chi connectivity index (χ0v) is 8.52. The second-order valence-electron chi connectivity index (χ2n) is 3.89. The fourth-order valence-electron chi connectivity index (χ4n) is 1.66. The lowest BCUT2D eigenvalue weighted by atomic mass is 10.2. The van der Waals surface area contributed by atoms with Crippen LogP contribution in [0.25, 0.3) is 0 Å². The smallest absolute Gasteiger partial charge is 0.306 e. The summed E-state index contributed by atoms with van der Waals surface area (Å²) in [5, 5.41) is 0. The molecule has 0 aromatic carbocycles. The molecule has 1 fully saturated rings. The zero-order valence-electron chi connectivity index (χ0n) is 8.52. The Balaban J connectivity index is 2.29. The second kappa shape index (κ2) is 5.09. The van der Waals surface area contributed by atoms with Gasteiger partial charge >= 0.3 is 5.97 Å². The molecular formula is C9H17N3O3. The molecule has 0 spiro atoms. The molecule has 15 heavy (non-hydrogen) atoms. The van der Waals surface area contributed by atoms with E-state index in [0.29, 0.717) is 12.8 Å². The van der Waals surface area contributed by atoms with Crippen molar-refractivity contribution in [2.45, 2.75) is 43.9 Å². The molecule has 6 N–H and O–H groups in total. The van der Waals surface area contributed by atoms with Crippen LogP contribution < -0.4 is 17.2 Å². The number of esters is 1. The summed E-state index contributed by atoms with van der Waals surface area (Å²) >= 11 is 0. The summed E-state index contributed by atoms with van der Waals surface area (Å²) < 4.78 is 5.09. The highest BCUT2D eigenvalue weighted by Gasteiger charge is 2.32. The molecule has 1 aliphatic rings. The number of carbonyl (C=O) groups excluding carboxylic acids is 2. The number of ether oxygens (including phenoxy) is 1. The lowest BCUT2D eigenvalue weighted by Gasteiger charge is -2.15. The molecule has 6 heteroatoms. The van der Waals surface area contributed by atoms with Gasteiger partial charge < -0.3 is 21.9 Å². The predicted molar refractivity (Wildman–Crippen MR) is 53.5 cm³/mol. The number of amides is 1. The number of carbonyl (C=O) groups is 2. The summed E-state index contributed by atoms with van der Waals surface area (Å²) in [4.78, 5) is 21.7. The standard InChI is InChI=1S/C9H17N3O3/c10-5-3-6(11)7(4-5)15-9(14)2-1-8(12)13/h5-7H,1-4,10-11H2,(H2,12,13)/t5-,6+,7+/m0/s1. The first-order chi connectivity index (χ1) is 6.99. The monoisotopic (exact) mass is 215 g/mol. The van der Waals surface area contributed by atoms with E-state index in [-0.39, 0.29) is 31.0 Å². The van der Waals surface area contributed by atoms with Crippen molar-refractivity contribution in [2.24, 2.45) is 17.2 Å². The molecule has 1 saturated carbocycles. The fraction of sp³-hybridized carbons (Fsp3) is 0.778. The van der Waals surface area contributed by atoms with E-state index in [9.17, 15) is 9.59 Å². The molecule has 1 amide bonds. The van der Waals surface area contributed by atoms with E-state index in [1.807, 2.05) is 0 Å². The minimum Gasteiger partial charge on any atom is -0.461 e. The van der Waals surface area contributed by atoms with Crippen LogP contribution in [0, 0.1) is 0 Å². The first-order valence-corrected chi connectivity index (χ1v) is 4.98. The third kappa shape index (κ3) is 3.85. The molecular weight excluding hydrogens is 198 g/mol. The van der Waals surface area contributed by atoms with Gasteiger partial charge in [-0.3, -0.25) is 9.59 Å². The van der Waals surface area contributed by atoms with Crippen molar-refractivity contribution < 1.29 is 14.3 Å². The van der Waals surface area contributed by atoms with Crippen molar-refractivity contribution >= 4 is 11.9 Å². The number of hydrogen-bond donors (Lipinski definition) is 3. The van der Waals surface area contributed by atoms with E-state index < -0.39 is 11.9 Å². The van der Waals surface area contributed by atoms with Crippen LogP contribution in [0.15, 0.2) is 0 Å². The molecule has 3 atom stereocenters. The SMILES string of the molecule is NC(=O)CCC(=O)O[C@@H]1C[C@@H](N)C[C@H]1N. The largest absolute Gasteiger partial charge is 0.461 e. The van der Waals surface area contributed by atoms with Crippen molar-refractivity contribution in [1.82, 2.24) is 0 Å². The van der Waals surface area contributed by atoms with Crippen LogP contribution in [0.3, 0.4) is 0 Å². The van der Waals surface area contributed by atoms with Crippen LogP contribution in [0.4, 0.5) is 0 Å². The van der Waals surface area contributed by atoms with Gasteiger partial charge in [0.15, 0.2) is 0 Å². The van der Waals surface area contributed by atoms with Crippen molar-refractivity contribution in [3.05, 3.63) is 0 Å². The van der Waals surface area contributed by atoms with Crippen LogP contribution in [-0.2, 0) is 14.3 Å². The molecule has 86 valence electrons. The zero-order chi connectivity index (χ0) is 11.4. The molecule has 0 saturated heterocycles. The third-order valence-corrected chi connectivity index (χ3v) is 2.45. The lowest BCUT2D eigenvalue weighted by Crippen LogP contribution is -2.33. The van der Waals surface area contributed by atoms with Gasteiger partial charge in [-0.15, -0.1) is 0 Å². The molecule has 0 heterocycles. The van der Waals surface area contributed by atoms with Crippen LogP contribution in [0.1, 0.15) is 25.7 Å². The summed E-state index contributed by atoms with van der Waals surface area (Å²) in [6.45, 7) is 0. The number of rotatable bonds is 4. The van der Waals surface area contributed by atoms with E-state index in [1.165, 1.54) is 0 Å². The summed E-state index contributed by atoms with van der Waals surface area (Å²) in [6, 6.07) is -0.202. The lowest BCUT2D eigenvalue weighted by molar-refractivity contribution is -0.150. The van der Waals surface area contributed by atoms with Gasteiger partial charge in [-0.1, -0.05) is 0 Å². The Labute approximate surface area is 88.1 Å². The number of hydrogen-bond acceptors (Lipinski definition) is 5. The Bertz CT molecular complexity index is 257. The number of nitrogens with two attached hydrogens (primary N) is 3. The highest BCUT2D eigenvalue weighted by atomic mass is 16.5. The topological polar surface area (TPSA) is 121 Å². The molecule has 0 bridgehead atoms.